The van der Waals surface area contributed by atoms with Gasteiger partial charge in [-0.3, -0.25) is 14.9 Å². The predicted octanol–water partition coefficient (Wildman–Crippen LogP) is 3.70. The Bertz CT molecular complexity index is 479. The zero-order valence-electron chi connectivity index (χ0n) is 11.0. The Morgan fingerprint density at radius 1 is 1.30 bits per heavy atom. The summed E-state index contributed by atoms with van der Waals surface area (Å²) in [4.78, 5) is 20.4. The monoisotopic (exact) mass is 300 g/mol. The van der Waals surface area contributed by atoms with E-state index >= 15 is 0 Å². The van der Waals surface area contributed by atoms with Crippen LogP contribution in [0.2, 0.25) is 5.02 Å². The number of carbonyl (C=O) groups is 1. The van der Waals surface area contributed by atoms with Crippen LogP contribution in [-0.2, 0) is 4.79 Å². The van der Waals surface area contributed by atoms with Crippen molar-refractivity contribution in [3.63, 3.8) is 0 Å². The SMILES string of the molecule is O=C(O)CCCCCCNc1ccc([N+](=O)[O-])cc1Cl. The smallest absolute Gasteiger partial charge is 0.303 e. The number of nitro groups is 1. The third-order valence-electron chi connectivity index (χ3n) is 2.80. The summed E-state index contributed by atoms with van der Waals surface area (Å²) < 4.78 is 0. The van der Waals surface area contributed by atoms with Gasteiger partial charge in [0.25, 0.3) is 5.69 Å². The molecule has 0 amide bonds. The number of carboxylic acids is 1. The van der Waals surface area contributed by atoms with Crippen molar-refractivity contribution in [1.82, 2.24) is 0 Å². The van der Waals surface area contributed by atoms with Crippen molar-refractivity contribution >= 4 is 28.9 Å². The summed E-state index contributed by atoms with van der Waals surface area (Å²) in [5.74, 6) is -0.763. The van der Waals surface area contributed by atoms with Crippen LogP contribution in [0.4, 0.5) is 11.4 Å². The Labute approximate surface area is 121 Å². The number of anilines is 1. The van der Waals surface area contributed by atoms with Crippen molar-refractivity contribution in [3.8, 4) is 0 Å². The highest BCUT2D eigenvalue weighted by atomic mass is 35.5. The van der Waals surface area contributed by atoms with Crippen LogP contribution in [0, 0.1) is 10.1 Å². The third-order valence-corrected chi connectivity index (χ3v) is 3.11. The molecule has 0 spiro atoms. The lowest BCUT2D eigenvalue weighted by molar-refractivity contribution is -0.384. The average molecular weight is 301 g/mol. The molecule has 0 heterocycles. The fraction of sp³-hybridized carbons (Fsp3) is 0.462. The highest BCUT2D eigenvalue weighted by Crippen LogP contribution is 2.26. The number of nitrogens with one attached hydrogen (secondary N) is 1. The number of non-ortho nitro benzene ring substituents is 1. The second-order valence-corrected chi connectivity index (χ2v) is 4.81. The van der Waals surface area contributed by atoms with E-state index in [4.69, 9.17) is 16.7 Å². The molecule has 0 unspecified atom stereocenters. The molecule has 0 fully saturated rings. The Hall–Kier alpha value is -1.82. The summed E-state index contributed by atoms with van der Waals surface area (Å²) in [6.07, 6.45) is 3.61. The highest BCUT2D eigenvalue weighted by Gasteiger charge is 2.08. The molecule has 2 N–H and O–H groups in total. The lowest BCUT2D eigenvalue weighted by Crippen LogP contribution is -2.02. The molecule has 20 heavy (non-hydrogen) atoms. The minimum Gasteiger partial charge on any atom is -0.481 e. The van der Waals surface area contributed by atoms with Gasteiger partial charge in [0, 0.05) is 25.1 Å². The van der Waals surface area contributed by atoms with Gasteiger partial charge in [0.15, 0.2) is 0 Å². The average Bonchev–Trinajstić information content (AvgIpc) is 2.38. The van der Waals surface area contributed by atoms with Gasteiger partial charge in [0.2, 0.25) is 0 Å². The third kappa shape index (κ3) is 5.88. The summed E-state index contributed by atoms with van der Waals surface area (Å²) in [7, 11) is 0. The standard InChI is InChI=1S/C13H17ClN2O4/c14-11-9-10(16(19)20)6-7-12(11)15-8-4-2-1-3-5-13(17)18/h6-7,9,15H,1-5,8H2,(H,17,18). The van der Waals surface area contributed by atoms with Crippen molar-refractivity contribution in [3.05, 3.63) is 33.3 Å². The summed E-state index contributed by atoms with van der Waals surface area (Å²) in [5, 5.41) is 22.5. The van der Waals surface area contributed by atoms with Crippen molar-refractivity contribution in [1.29, 1.82) is 0 Å². The van der Waals surface area contributed by atoms with E-state index < -0.39 is 10.9 Å². The van der Waals surface area contributed by atoms with Crippen LogP contribution in [0.3, 0.4) is 0 Å². The second-order valence-electron chi connectivity index (χ2n) is 4.41. The van der Waals surface area contributed by atoms with Crippen molar-refractivity contribution in [2.24, 2.45) is 0 Å². The van der Waals surface area contributed by atoms with Gasteiger partial charge >= 0.3 is 5.97 Å². The van der Waals surface area contributed by atoms with Crippen molar-refractivity contribution in [2.45, 2.75) is 32.1 Å². The quantitative estimate of drug-likeness (QED) is 0.412. The molecule has 0 atom stereocenters. The molecular formula is C13H17ClN2O4. The van der Waals surface area contributed by atoms with Gasteiger partial charge in [-0.05, 0) is 18.9 Å². The van der Waals surface area contributed by atoms with Crippen molar-refractivity contribution < 1.29 is 14.8 Å². The molecule has 110 valence electrons. The molecule has 6 nitrogen and oxygen atoms in total. The minimum absolute atomic E-state index is 0.0331. The lowest BCUT2D eigenvalue weighted by Gasteiger charge is -2.07. The molecule has 0 aliphatic rings. The van der Waals surface area contributed by atoms with Crippen LogP contribution in [0.1, 0.15) is 32.1 Å². The molecule has 0 aromatic heterocycles. The molecule has 1 rings (SSSR count). The molecule has 0 bridgehead atoms. The number of benzene rings is 1. The number of unbranched alkanes of at least 4 members (excludes halogenated alkanes) is 3. The molecule has 1 aromatic rings. The van der Waals surface area contributed by atoms with E-state index in [9.17, 15) is 14.9 Å². The fourth-order valence-corrected chi connectivity index (χ4v) is 1.98. The van der Waals surface area contributed by atoms with Crippen LogP contribution in [0.15, 0.2) is 18.2 Å². The zero-order valence-corrected chi connectivity index (χ0v) is 11.7. The van der Waals surface area contributed by atoms with E-state index in [0.717, 1.165) is 19.3 Å². The second kappa shape index (κ2) is 8.37. The molecule has 7 heteroatoms. The number of carboxylic acid groups (broad SMARTS) is 1. The maximum atomic E-state index is 10.6. The Kier molecular flexibility index (Phi) is 6.79. The molecule has 0 aliphatic carbocycles. The van der Waals surface area contributed by atoms with Crippen LogP contribution in [0.25, 0.3) is 0 Å². The largest absolute Gasteiger partial charge is 0.481 e. The predicted molar refractivity (Wildman–Crippen MR) is 77.3 cm³/mol. The molecular weight excluding hydrogens is 284 g/mol. The van der Waals surface area contributed by atoms with Crippen LogP contribution < -0.4 is 5.32 Å². The number of nitrogens with zero attached hydrogens (tertiary/aromatic N) is 1. The number of nitro benzene ring substituents is 1. The summed E-state index contributed by atoms with van der Waals surface area (Å²) in [6, 6.07) is 4.31. The lowest BCUT2D eigenvalue weighted by atomic mass is 10.1. The Balaban J connectivity index is 2.25. The number of rotatable bonds is 9. The number of halogens is 1. The summed E-state index contributed by atoms with van der Waals surface area (Å²) in [5.41, 5.74) is 0.636. The van der Waals surface area contributed by atoms with Gasteiger partial charge < -0.3 is 10.4 Å². The van der Waals surface area contributed by atoms with E-state index in [1.165, 1.54) is 12.1 Å². The summed E-state index contributed by atoms with van der Waals surface area (Å²) in [6.45, 7) is 0.699. The topological polar surface area (TPSA) is 92.5 Å². The van der Waals surface area contributed by atoms with E-state index in [2.05, 4.69) is 5.32 Å². The molecule has 1 aromatic carbocycles. The number of hydrogen-bond acceptors (Lipinski definition) is 4. The van der Waals surface area contributed by atoms with E-state index in [0.29, 0.717) is 23.7 Å². The zero-order chi connectivity index (χ0) is 15.0. The highest BCUT2D eigenvalue weighted by molar-refractivity contribution is 6.33. The molecule has 0 aliphatic heterocycles. The normalized spacial score (nSPS) is 10.2. The Morgan fingerprint density at radius 2 is 2.00 bits per heavy atom. The van der Waals surface area contributed by atoms with E-state index in [-0.39, 0.29) is 12.1 Å². The summed E-state index contributed by atoms with van der Waals surface area (Å²) >= 11 is 5.94. The van der Waals surface area contributed by atoms with E-state index in [1.807, 2.05) is 0 Å². The maximum absolute atomic E-state index is 10.6. The van der Waals surface area contributed by atoms with Gasteiger partial charge in [-0.2, -0.15) is 0 Å². The molecule has 0 saturated heterocycles. The number of aliphatic carboxylic acids is 1. The van der Waals surface area contributed by atoms with Gasteiger partial charge in [-0.15, -0.1) is 0 Å². The first-order valence-corrected chi connectivity index (χ1v) is 6.78. The van der Waals surface area contributed by atoms with Gasteiger partial charge in [0.1, 0.15) is 0 Å². The maximum Gasteiger partial charge on any atom is 0.303 e. The van der Waals surface area contributed by atoms with Crippen LogP contribution >= 0.6 is 11.6 Å². The fourth-order valence-electron chi connectivity index (χ4n) is 1.74. The van der Waals surface area contributed by atoms with Crippen molar-refractivity contribution in [2.75, 3.05) is 11.9 Å². The molecule has 0 saturated carbocycles. The van der Waals surface area contributed by atoms with Gasteiger partial charge in [-0.25, -0.2) is 0 Å². The number of hydrogen-bond donors (Lipinski definition) is 2. The first kappa shape index (κ1) is 16.2. The van der Waals surface area contributed by atoms with Gasteiger partial charge in [0.05, 0.1) is 15.6 Å². The first-order chi connectivity index (χ1) is 9.50. The van der Waals surface area contributed by atoms with Crippen LogP contribution in [-0.4, -0.2) is 22.5 Å². The minimum atomic E-state index is -0.763. The van der Waals surface area contributed by atoms with E-state index in [1.54, 1.807) is 6.07 Å². The first-order valence-electron chi connectivity index (χ1n) is 6.40. The van der Waals surface area contributed by atoms with Gasteiger partial charge in [-0.1, -0.05) is 24.4 Å². The van der Waals surface area contributed by atoms with Crippen LogP contribution in [0.5, 0.6) is 0 Å². The molecule has 0 radical (unpaired) electrons. The Morgan fingerprint density at radius 3 is 2.60 bits per heavy atom.